The SMILES string of the molecule is Cc1cc(S(=O)(=O)N2CCC(C(C)C)CC2)ccc1Nc1nc(OC2CCCCC2)c2[nH]cnc2n1. The number of nitrogens with one attached hydrogen (secondary N) is 2. The third-order valence-electron chi connectivity index (χ3n) is 7.61. The Hall–Kier alpha value is -2.72. The Labute approximate surface area is 213 Å². The summed E-state index contributed by atoms with van der Waals surface area (Å²) in [5.74, 6) is 2.03. The van der Waals surface area contributed by atoms with Crippen molar-refractivity contribution in [2.45, 2.75) is 76.7 Å². The highest BCUT2D eigenvalue weighted by molar-refractivity contribution is 7.89. The molecule has 2 aromatic heterocycles. The molecule has 3 aromatic rings. The maximum Gasteiger partial charge on any atom is 0.245 e. The third-order valence-corrected chi connectivity index (χ3v) is 9.50. The van der Waals surface area contributed by atoms with Gasteiger partial charge in [-0.3, -0.25) is 0 Å². The second-order valence-electron chi connectivity index (χ2n) is 10.4. The van der Waals surface area contributed by atoms with Gasteiger partial charge in [-0.05, 0) is 81.0 Å². The van der Waals surface area contributed by atoms with Crippen LogP contribution in [-0.2, 0) is 10.0 Å². The van der Waals surface area contributed by atoms with Crippen molar-refractivity contribution in [3.63, 3.8) is 0 Å². The van der Waals surface area contributed by atoms with Crippen molar-refractivity contribution in [3.8, 4) is 5.88 Å². The van der Waals surface area contributed by atoms with E-state index in [1.54, 1.807) is 28.8 Å². The second kappa shape index (κ2) is 10.3. The summed E-state index contributed by atoms with van der Waals surface area (Å²) in [6.07, 6.45) is 9.17. The van der Waals surface area contributed by atoms with E-state index in [9.17, 15) is 8.42 Å². The standard InChI is InChI=1S/C26H36N6O3S/c1-17(2)19-11-13-32(14-12-19)36(33,34)21-9-10-22(18(3)15-21)29-26-30-24-23(27-16-28-24)25(31-26)35-20-7-5-4-6-8-20/h9-10,15-17,19-20H,4-8,11-14H2,1-3H3,(H2,27,28,29,30,31). The van der Waals surface area contributed by atoms with E-state index in [0.717, 1.165) is 49.8 Å². The highest BCUT2D eigenvalue weighted by atomic mass is 32.2. The zero-order valence-electron chi connectivity index (χ0n) is 21.3. The van der Waals surface area contributed by atoms with E-state index >= 15 is 0 Å². The molecular weight excluding hydrogens is 476 g/mol. The van der Waals surface area contributed by atoms with Gasteiger partial charge in [0.15, 0.2) is 5.65 Å². The second-order valence-corrected chi connectivity index (χ2v) is 12.4. The molecule has 36 heavy (non-hydrogen) atoms. The number of hydrogen-bond donors (Lipinski definition) is 2. The van der Waals surface area contributed by atoms with E-state index in [-0.39, 0.29) is 6.10 Å². The summed E-state index contributed by atoms with van der Waals surface area (Å²) < 4.78 is 34.4. The zero-order valence-corrected chi connectivity index (χ0v) is 22.1. The van der Waals surface area contributed by atoms with Crippen molar-refractivity contribution in [2.75, 3.05) is 18.4 Å². The van der Waals surface area contributed by atoms with E-state index in [2.05, 4.69) is 39.1 Å². The summed E-state index contributed by atoms with van der Waals surface area (Å²) in [7, 11) is -3.53. The lowest BCUT2D eigenvalue weighted by Crippen LogP contribution is -2.39. The molecule has 1 aromatic carbocycles. The van der Waals surface area contributed by atoms with Gasteiger partial charge in [-0.2, -0.15) is 14.3 Å². The van der Waals surface area contributed by atoms with E-state index in [0.29, 0.717) is 52.8 Å². The van der Waals surface area contributed by atoms with Crippen LogP contribution in [0.2, 0.25) is 0 Å². The first-order valence-corrected chi connectivity index (χ1v) is 14.5. The number of aromatic amines is 1. The van der Waals surface area contributed by atoms with Gasteiger partial charge in [0, 0.05) is 18.8 Å². The molecule has 0 atom stereocenters. The Morgan fingerprint density at radius 1 is 1.08 bits per heavy atom. The molecule has 2 N–H and O–H groups in total. The van der Waals surface area contributed by atoms with Crippen LogP contribution in [0, 0.1) is 18.8 Å². The number of aromatic nitrogens is 4. The highest BCUT2D eigenvalue weighted by Gasteiger charge is 2.30. The lowest BCUT2D eigenvalue weighted by molar-refractivity contribution is 0.150. The van der Waals surface area contributed by atoms with Crippen LogP contribution in [0.4, 0.5) is 11.6 Å². The number of anilines is 2. The number of imidazole rings is 1. The lowest BCUT2D eigenvalue weighted by atomic mass is 9.87. The molecule has 2 fully saturated rings. The topological polar surface area (TPSA) is 113 Å². The summed E-state index contributed by atoms with van der Waals surface area (Å²) in [6, 6.07) is 5.16. The number of hydrogen-bond acceptors (Lipinski definition) is 7. The van der Waals surface area contributed by atoms with Crippen LogP contribution in [0.5, 0.6) is 5.88 Å². The molecule has 1 aliphatic carbocycles. The molecule has 3 heterocycles. The van der Waals surface area contributed by atoms with Gasteiger partial charge >= 0.3 is 0 Å². The number of fused-ring (bicyclic) bond motifs is 1. The fraction of sp³-hybridized carbons (Fsp3) is 0.577. The van der Waals surface area contributed by atoms with Gasteiger partial charge in [0.2, 0.25) is 21.9 Å². The minimum atomic E-state index is -3.53. The van der Waals surface area contributed by atoms with Gasteiger partial charge in [-0.25, -0.2) is 13.4 Å². The van der Waals surface area contributed by atoms with Crippen LogP contribution < -0.4 is 10.1 Å². The van der Waals surface area contributed by atoms with Gasteiger partial charge in [0.05, 0.1) is 11.2 Å². The van der Waals surface area contributed by atoms with Gasteiger partial charge in [-0.15, -0.1) is 0 Å². The number of benzene rings is 1. The van der Waals surface area contributed by atoms with Crippen LogP contribution in [0.25, 0.3) is 11.2 Å². The average Bonchev–Trinajstić information content (AvgIpc) is 3.35. The molecule has 0 radical (unpaired) electrons. The maximum atomic E-state index is 13.3. The van der Waals surface area contributed by atoms with Gasteiger partial charge < -0.3 is 15.0 Å². The maximum absolute atomic E-state index is 13.3. The first-order valence-electron chi connectivity index (χ1n) is 13.1. The molecule has 0 spiro atoms. The molecule has 10 heteroatoms. The van der Waals surface area contributed by atoms with Crippen molar-refractivity contribution in [1.29, 1.82) is 0 Å². The fourth-order valence-electron chi connectivity index (χ4n) is 5.28. The predicted octanol–water partition coefficient (Wildman–Crippen LogP) is 5.17. The summed E-state index contributed by atoms with van der Waals surface area (Å²) in [6.45, 7) is 7.46. The normalized spacial score (nSPS) is 18.7. The molecular formula is C26H36N6O3S. The zero-order chi connectivity index (χ0) is 25.3. The summed E-state index contributed by atoms with van der Waals surface area (Å²) in [4.78, 5) is 16.8. The summed E-state index contributed by atoms with van der Waals surface area (Å²) in [5, 5.41) is 3.24. The van der Waals surface area contributed by atoms with Crippen molar-refractivity contribution < 1.29 is 13.2 Å². The molecule has 0 bridgehead atoms. The minimum Gasteiger partial charge on any atom is -0.473 e. The van der Waals surface area contributed by atoms with Crippen molar-refractivity contribution in [3.05, 3.63) is 30.1 Å². The first-order chi connectivity index (χ1) is 17.3. The third kappa shape index (κ3) is 5.20. The van der Waals surface area contributed by atoms with Crippen LogP contribution in [0.3, 0.4) is 0 Å². The Bertz CT molecular complexity index is 1310. The number of piperidine rings is 1. The molecule has 194 valence electrons. The number of H-pyrrole nitrogens is 1. The van der Waals surface area contributed by atoms with Gasteiger partial charge in [-0.1, -0.05) is 20.3 Å². The molecule has 9 nitrogen and oxygen atoms in total. The van der Waals surface area contributed by atoms with Crippen molar-refractivity contribution in [1.82, 2.24) is 24.2 Å². The van der Waals surface area contributed by atoms with Gasteiger partial charge in [0.1, 0.15) is 11.6 Å². The van der Waals surface area contributed by atoms with E-state index in [1.165, 1.54) is 6.42 Å². The smallest absolute Gasteiger partial charge is 0.245 e. The molecule has 1 saturated carbocycles. The van der Waals surface area contributed by atoms with Crippen molar-refractivity contribution in [2.24, 2.45) is 11.8 Å². The summed E-state index contributed by atoms with van der Waals surface area (Å²) >= 11 is 0. The van der Waals surface area contributed by atoms with Crippen LogP contribution in [-0.4, -0.2) is 51.9 Å². The largest absolute Gasteiger partial charge is 0.473 e. The molecule has 0 unspecified atom stereocenters. The molecule has 5 rings (SSSR count). The summed E-state index contributed by atoms with van der Waals surface area (Å²) in [5.41, 5.74) is 2.75. The van der Waals surface area contributed by atoms with Crippen LogP contribution in [0.15, 0.2) is 29.4 Å². The van der Waals surface area contributed by atoms with Crippen LogP contribution >= 0.6 is 0 Å². The Morgan fingerprint density at radius 3 is 2.53 bits per heavy atom. The van der Waals surface area contributed by atoms with Gasteiger partial charge in [0.25, 0.3) is 0 Å². The number of nitrogens with zero attached hydrogens (tertiary/aromatic N) is 4. The Kier molecular flexibility index (Phi) is 7.16. The molecule has 1 aliphatic heterocycles. The fourth-order valence-corrected chi connectivity index (χ4v) is 6.83. The van der Waals surface area contributed by atoms with E-state index < -0.39 is 10.0 Å². The monoisotopic (exact) mass is 512 g/mol. The molecule has 0 amide bonds. The lowest BCUT2D eigenvalue weighted by Gasteiger charge is -2.33. The quantitative estimate of drug-likeness (QED) is 0.449. The van der Waals surface area contributed by atoms with E-state index in [4.69, 9.17) is 4.74 Å². The first kappa shape index (κ1) is 25.0. The number of sulfonamides is 1. The van der Waals surface area contributed by atoms with Crippen molar-refractivity contribution >= 4 is 32.8 Å². The number of ether oxygens (including phenoxy) is 1. The molecule has 2 aliphatic rings. The minimum absolute atomic E-state index is 0.143. The highest BCUT2D eigenvalue weighted by Crippen LogP contribution is 2.31. The average molecular weight is 513 g/mol. The number of aryl methyl sites for hydroxylation is 1. The number of rotatable bonds is 7. The predicted molar refractivity (Wildman–Crippen MR) is 140 cm³/mol. The van der Waals surface area contributed by atoms with E-state index in [1.807, 2.05) is 6.92 Å². The Morgan fingerprint density at radius 2 is 1.83 bits per heavy atom. The molecule has 1 saturated heterocycles. The Balaban J connectivity index is 1.34. The van der Waals surface area contributed by atoms with Crippen LogP contribution in [0.1, 0.15) is 64.4 Å².